The number of thioether (sulfide) groups is 1. The first-order valence-electron chi connectivity index (χ1n) is 7.66. The third kappa shape index (κ3) is 4.24. The molecule has 3 aromatic rings. The molecule has 0 saturated carbocycles. The molecule has 0 atom stereocenters. The van der Waals surface area contributed by atoms with Crippen molar-refractivity contribution in [2.75, 3.05) is 5.75 Å². The fraction of sp³-hybridized carbons (Fsp3) is 0.235. The molecule has 2 heterocycles. The van der Waals surface area contributed by atoms with Crippen LogP contribution in [0.3, 0.4) is 0 Å². The third-order valence-corrected chi connectivity index (χ3v) is 5.34. The van der Waals surface area contributed by atoms with Crippen molar-refractivity contribution in [3.05, 3.63) is 53.4 Å². The Morgan fingerprint density at radius 2 is 2.00 bits per heavy atom. The van der Waals surface area contributed by atoms with E-state index in [1.807, 2.05) is 40.3 Å². The van der Waals surface area contributed by atoms with Crippen LogP contribution in [-0.4, -0.2) is 26.4 Å². The molecule has 0 radical (unpaired) electrons. The maximum atomic E-state index is 11.2. The topological polar surface area (TPSA) is 73.8 Å². The molecule has 1 amide bonds. The van der Waals surface area contributed by atoms with Crippen molar-refractivity contribution in [1.82, 2.24) is 14.8 Å². The molecule has 0 fully saturated rings. The van der Waals surface area contributed by atoms with Gasteiger partial charge in [-0.3, -0.25) is 4.79 Å². The summed E-state index contributed by atoms with van der Waals surface area (Å²) in [5, 5.41) is 11.5. The Balaban J connectivity index is 1.73. The summed E-state index contributed by atoms with van der Waals surface area (Å²) in [5.41, 5.74) is 6.60. The van der Waals surface area contributed by atoms with Crippen LogP contribution in [0.2, 0.25) is 0 Å². The summed E-state index contributed by atoms with van der Waals surface area (Å²) in [6.45, 7) is 0.503. The monoisotopic (exact) mass is 358 g/mol. The highest BCUT2D eigenvalue weighted by atomic mass is 32.2. The second kappa shape index (κ2) is 8.12. The van der Waals surface area contributed by atoms with Crippen LogP contribution >= 0.6 is 23.1 Å². The van der Waals surface area contributed by atoms with Crippen LogP contribution in [0.5, 0.6) is 0 Å². The predicted octanol–water partition coefficient (Wildman–Crippen LogP) is 3.22. The number of nitrogens with zero attached hydrogens (tertiary/aromatic N) is 3. The van der Waals surface area contributed by atoms with Crippen LogP contribution in [0.1, 0.15) is 12.0 Å². The normalized spacial score (nSPS) is 10.8. The molecule has 3 rings (SSSR count). The molecule has 2 aromatic heterocycles. The van der Waals surface area contributed by atoms with Crippen molar-refractivity contribution < 1.29 is 4.79 Å². The third-order valence-electron chi connectivity index (χ3n) is 3.50. The number of amides is 1. The van der Waals surface area contributed by atoms with Crippen molar-refractivity contribution in [1.29, 1.82) is 0 Å². The zero-order valence-corrected chi connectivity index (χ0v) is 14.7. The number of carbonyl (C=O) groups is 1. The number of rotatable bonds is 8. The van der Waals surface area contributed by atoms with E-state index in [0.717, 1.165) is 28.0 Å². The summed E-state index contributed by atoms with van der Waals surface area (Å²) < 4.78 is 1.99. The van der Waals surface area contributed by atoms with Gasteiger partial charge in [-0.1, -0.05) is 48.2 Å². The molecule has 2 N–H and O–H groups in total. The van der Waals surface area contributed by atoms with E-state index in [0.29, 0.717) is 6.54 Å². The largest absolute Gasteiger partial charge is 0.370 e. The molecule has 0 saturated heterocycles. The number of nitrogens with two attached hydrogens (primary N) is 1. The zero-order valence-electron chi connectivity index (χ0n) is 13.1. The summed E-state index contributed by atoms with van der Waals surface area (Å²) in [5.74, 6) is 1.39. The molecular formula is C17H18N4OS2. The van der Waals surface area contributed by atoms with E-state index in [-0.39, 0.29) is 12.3 Å². The van der Waals surface area contributed by atoms with E-state index in [1.54, 1.807) is 23.1 Å². The number of aryl methyl sites for hydroxylation is 1. The van der Waals surface area contributed by atoms with Crippen molar-refractivity contribution in [3.63, 3.8) is 0 Å². The molecule has 0 unspecified atom stereocenters. The molecular weight excluding hydrogens is 340 g/mol. The van der Waals surface area contributed by atoms with E-state index in [9.17, 15) is 4.79 Å². The zero-order chi connectivity index (χ0) is 16.8. The SMILES string of the molecule is NC(=O)CCn1c(SCCc2ccccc2)nnc1-c1cccs1. The second-order valence-electron chi connectivity index (χ2n) is 5.24. The van der Waals surface area contributed by atoms with E-state index in [4.69, 9.17) is 5.73 Å². The first-order valence-corrected chi connectivity index (χ1v) is 9.52. The van der Waals surface area contributed by atoms with Crippen LogP contribution in [0, 0.1) is 0 Å². The Morgan fingerprint density at radius 3 is 2.71 bits per heavy atom. The fourth-order valence-corrected chi connectivity index (χ4v) is 3.98. The van der Waals surface area contributed by atoms with Crippen molar-refractivity contribution >= 4 is 29.0 Å². The lowest BCUT2D eigenvalue weighted by Gasteiger charge is -2.08. The Kier molecular flexibility index (Phi) is 5.66. The van der Waals surface area contributed by atoms with Gasteiger partial charge in [-0.25, -0.2) is 0 Å². The minimum atomic E-state index is -0.318. The Morgan fingerprint density at radius 1 is 1.17 bits per heavy atom. The molecule has 0 aliphatic heterocycles. The van der Waals surface area contributed by atoms with Gasteiger partial charge < -0.3 is 10.3 Å². The van der Waals surface area contributed by atoms with Gasteiger partial charge in [0.15, 0.2) is 11.0 Å². The van der Waals surface area contributed by atoms with Crippen LogP contribution in [0.4, 0.5) is 0 Å². The quantitative estimate of drug-likeness (QED) is 0.628. The number of thiophene rings is 1. The summed E-state index contributed by atoms with van der Waals surface area (Å²) in [6.07, 6.45) is 1.24. The fourth-order valence-electron chi connectivity index (χ4n) is 2.31. The smallest absolute Gasteiger partial charge is 0.219 e. The Labute approximate surface area is 148 Å². The molecule has 24 heavy (non-hydrogen) atoms. The number of primary amides is 1. The van der Waals surface area contributed by atoms with Crippen LogP contribution in [-0.2, 0) is 17.8 Å². The van der Waals surface area contributed by atoms with E-state index < -0.39 is 0 Å². The highest BCUT2D eigenvalue weighted by molar-refractivity contribution is 7.99. The van der Waals surface area contributed by atoms with E-state index in [2.05, 4.69) is 22.3 Å². The van der Waals surface area contributed by atoms with Gasteiger partial charge in [0.25, 0.3) is 0 Å². The molecule has 0 spiro atoms. The highest BCUT2D eigenvalue weighted by Gasteiger charge is 2.15. The number of benzene rings is 1. The number of carbonyl (C=O) groups excluding carboxylic acids is 1. The average Bonchev–Trinajstić information content (AvgIpc) is 3.23. The standard InChI is InChI=1S/C17H18N4OS2/c18-15(22)8-10-21-16(14-7-4-11-23-14)19-20-17(21)24-12-9-13-5-2-1-3-6-13/h1-7,11H,8-10,12H2,(H2,18,22). The first-order chi connectivity index (χ1) is 11.7. The van der Waals surface area contributed by atoms with Gasteiger partial charge in [-0.15, -0.1) is 21.5 Å². The lowest BCUT2D eigenvalue weighted by atomic mass is 10.2. The minimum Gasteiger partial charge on any atom is -0.370 e. The maximum absolute atomic E-state index is 11.2. The maximum Gasteiger partial charge on any atom is 0.219 e. The van der Waals surface area contributed by atoms with E-state index in [1.165, 1.54) is 5.56 Å². The van der Waals surface area contributed by atoms with Crippen molar-refractivity contribution in [3.8, 4) is 10.7 Å². The summed E-state index contributed by atoms with van der Waals surface area (Å²) in [7, 11) is 0. The van der Waals surface area contributed by atoms with E-state index >= 15 is 0 Å². The molecule has 7 heteroatoms. The van der Waals surface area contributed by atoms with Crippen LogP contribution in [0.15, 0.2) is 53.0 Å². The highest BCUT2D eigenvalue weighted by Crippen LogP contribution is 2.27. The number of aromatic nitrogens is 3. The summed E-state index contributed by atoms with van der Waals surface area (Å²) >= 11 is 3.26. The van der Waals surface area contributed by atoms with Crippen LogP contribution < -0.4 is 5.73 Å². The Bertz CT molecular complexity index is 784. The lowest BCUT2D eigenvalue weighted by Crippen LogP contribution is -2.15. The molecule has 0 bridgehead atoms. The molecule has 0 aliphatic carbocycles. The summed E-state index contributed by atoms with van der Waals surface area (Å²) in [4.78, 5) is 12.2. The summed E-state index contributed by atoms with van der Waals surface area (Å²) in [6, 6.07) is 14.3. The lowest BCUT2D eigenvalue weighted by molar-refractivity contribution is -0.118. The van der Waals surface area contributed by atoms with Gasteiger partial charge in [0.05, 0.1) is 4.88 Å². The second-order valence-corrected chi connectivity index (χ2v) is 7.25. The van der Waals surface area contributed by atoms with Crippen molar-refractivity contribution in [2.45, 2.75) is 24.5 Å². The van der Waals surface area contributed by atoms with Gasteiger partial charge in [0, 0.05) is 18.7 Å². The van der Waals surface area contributed by atoms with Crippen molar-refractivity contribution in [2.24, 2.45) is 5.73 Å². The van der Waals surface area contributed by atoms with Gasteiger partial charge in [-0.2, -0.15) is 0 Å². The van der Waals surface area contributed by atoms with Crippen LogP contribution in [0.25, 0.3) is 10.7 Å². The molecule has 0 aliphatic rings. The van der Waals surface area contributed by atoms with Gasteiger partial charge in [0.2, 0.25) is 5.91 Å². The molecule has 5 nitrogen and oxygen atoms in total. The minimum absolute atomic E-state index is 0.280. The first kappa shape index (κ1) is 16.7. The molecule has 1 aromatic carbocycles. The number of hydrogen-bond acceptors (Lipinski definition) is 5. The number of hydrogen-bond donors (Lipinski definition) is 1. The predicted molar refractivity (Wildman–Crippen MR) is 98.0 cm³/mol. The van der Waals surface area contributed by atoms with Gasteiger partial charge >= 0.3 is 0 Å². The van der Waals surface area contributed by atoms with Gasteiger partial charge in [0.1, 0.15) is 0 Å². The Hall–Kier alpha value is -2.12. The molecule has 124 valence electrons. The van der Waals surface area contributed by atoms with Gasteiger partial charge in [-0.05, 0) is 23.4 Å². The average molecular weight is 358 g/mol.